The molecule has 0 aromatic heterocycles. The van der Waals surface area contributed by atoms with Crippen molar-refractivity contribution in [3.05, 3.63) is 57.6 Å². The molecule has 2 rings (SSSR count). The van der Waals surface area contributed by atoms with E-state index < -0.39 is 0 Å². The highest BCUT2D eigenvalue weighted by Crippen LogP contribution is 2.41. The lowest BCUT2D eigenvalue weighted by Gasteiger charge is -2.31. The van der Waals surface area contributed by atoms with E-state index in [1.807, 2.05) is 0 Å². The van der Waals surface area contributed by atoms with Gasteiger partial charge in [-0.15, -0.1) is 0 Å². The maximum absolute atomic E-state index is 3.85. The van der Waals surface area contributed by atoms with Crippen LogP contribution >= 0.6 is 0 Å². The molecule has 0 aliphatic carbocycles. The largest absolute Gasteiger partial charge is 0.0561 e. The first-order valence-electron chi connectivity index (χ1n) is 11.4. The molecule has 0 fully saturated rings. The van der Waals surface area contributed by atoms with Crippen LogP contribution in [0.2, 0.25) is 0 Å². The van der Waals surface area contributed by atoms with Gasteiger partial charge in [-0.3, -0.25) is 0 Å². The summed E-state index contributed by atoms with van der Waals surface area (Å²) in [6.45, 7) is 32.1. The van der Waals surface area contributed by atoms with Crippen molar-refractivity contribution < 1.29 is 0 Å². The van der Waals surface area contributed by atoms with Gasteiger partial charge < -0.3 is 0 Å². The lowest BCUT2D eigenvalue weighted by Crippen LogP contribution is -2.20. The molecule has 0 saturated heterocycles. The van der Waals surface area contributed by atoms with Gasteiger partial charge in [-0.1, -0.05) is 95.2 Å². The zero-order chi connectivity index (χ0) is 23.4. The van der Waals surface area contributed by atoms with Gasteiger partial charge in [-0.05, 0) is 92.1 Å². The van der Waals surface area contributed by atoms with Gasteiger partial charge in [0.05, 0.1) is 0 Å². The van der Waals surface area contributed by atoms with Crippen LogP contribution in [0.1, 0.15) is 116 Å². The van der Waals surface area contributed by atoms with Crippen molar-refractivity contribution in [1.82, 2.24) is 0 Å². The smallest absolute Gasteiger partial charge is 0.00554 e. The SMILES string of the molecule is Cc1c(-c2[c]c(C(C)(C)C)cc(C(C)(C)C)c2C)[c]c(C(C)(C)C)cc1C(C)(C)C. The molecule has 0 saturated carbocycles. The van der Waals surface area contributed by atoms with Crippen molar-refractivity contribution in [3.63, 3.8) is 0 Å². The molecule has 0 N–H and O–H groups in total. The summed E-state index contributed by atoms with van der Waals surface area (Å²) in [5.41, 5.74) is 10.7. The van der Waals surface area contributed by atoms with Crippen LogP contribution in [0.5, 0.6) is 0 Å². The normalized spacial score (nSPS) is 13.7. The zero-order valence-electron chi connectivity index (χ0n) is 22.2. The van der Waals surface area contributed by atoms with E-state index in [-0.39, 0.29) is 21.7 Å². The third kappa shape index (κ3) is 5.01. The van der Waals surface area contributed by atoms with Crippen LogP contribution in [-0.4, -0.2) is 0 Å². The lowest BCUT2D eigenvalue weighted by molar-refractivity contribution is 0.563. The van der Waals surface area contributed by atoms with Gasteiger partial charge in [-0.2, -0.15) is 0 Å². The predicted octanol–water partition coefficient (Wildman–Crippen LogP) is 8.76. The fourth-order valence-corrected chi connectivity index (χ4v) is 4.17. The highest BCUT2D eigenvalue weighted by atomic mass is 14.3. The van der Waals surface area contributed by atoms with Crippen LogP contribution < -0.4 is 0 Å². The van der Waals surface area contributed by atoms with Crippen LogP contribution in [0.15, 0.2) is 12.1 Å². The van der Waals surface area contributed by atoms with E-state index in [0.29, 0.717) is 0 Å². The van der Waals surface area contributed by atoms with Crippen LogP contribution in [0.3, 0.4) is 0 Å². The van der Waals surface area contributed by atoms with Gasteiger partial charge in [0.2, 0.25) is 0 Å². The molecule has 0 bridgehead atoms. The number of benzene rings is 2. The minimum absolute atomic E-state index is 0.0465. The maximum atomic E-state index is 3.85. The minimum atomic E-state index is 0.0465. The molecule has 0 aliphatic rings. The molecule has 0 amide bonds. The van der Waals surface area contributed by atoms with E-state index in [4.69, 9.17) is 0 Å². The summed E-state index contributed by atoms with van der Waals surface area (Å²) in [4.78, 5) is 0. The maximum Gasteiger partial charge on any atom is -0.00554 e. The lowest BCUT2D eigenvalue weighted by atomic mass is 9.73. The van der Waals surface area contributed by atoms with E-state index in [1.165, 1.54) is 44.5 Å². The molecular formula is C30H44. The molecule has 0 nitrogen and oxygen atoms in total. The van der Waals surface area contributed by atoms with E-state index in [1.54, 1.807) is 0 Å². The molecule has 0 aliphatic heterocycles. The Labute approximate surface area is 187 Å². The molecule has 2 aromatic rings. The molecule has 30 heavy (non-hydrogen) atoms. The van der Waals surface area contributed by atoms with E-state index in [0.717, 1.165) is 0 Å². The summed E-state index contributed by atoms with van der Waals surface area (Å²) in [6, 6.07) is 12.5. The monoisotopic (exact) mass is 404 g/mol. The first-order chi connectivity index (χ1) is 13.2. The third-order valence-electron chi connectivity index (χ3n) is 6.14. The van der Waals surface area contributed by atoms with Gasteiger partial charge in [0, 0.05) is 0 Å². The summed E-state index contributed by atoms with van der Waals surface area (Å²) < 4.78 is 0. The quantitative estimate of drug-likeness (QED) is 0.445. The topological polar surface area (TPSA) is 0 Å². The Morgan fingerprint density at radius 1 is 0.467 bits per heavy atom. The summed E-state index contributed by atoms with van der Waals surface area (Å²) in [7, 11) is 0. The molecule has 0 heterocycles. The Kier molecular flexibility index (Phi) is 6.21. The highest BCUT2D eigenvalue weighted by Gasteiger charge is 2.28. The molecule has 0 unspecified atom stereocenters. The highest BCUT2D eigenvalue weighted by molar-refractivity contribution is 5.74. The van der Waals surface area contributed by atoms with E-state index in [9.17, 15) is 0 Å². The van der Waals surface area contributed by atoms with Crippen molar-refractivity contribution >= 4 is 0 Å². The second-order valence-corrected chi connectivity index (χ2v) is 13.2. The van der Waals surface area contributed by atoms with Crippen LogP contribution in [0.25, 0.3) is 11.1 Å². The molecule has 0 heteroatoms. The molecule has 2 radical (unpaired) electrons. The first-order valence-corrected chi connectivity index (χ1v) is 11.4. The number of hydrogen-bond donors (Lipinski definition) is 0. The minimum Gasteiger partial charge on any atom is -0.0561 e. The Morgan fingerprint density at radius 3 is 0.933 bits per heavy atom. The molecule has 0 spiro atoms. The molecule has 0 atom stereocenters. The Balaban J connectivity index is 3.03. The van der Waals surface area contributed by atoms with Gasteiger partial charge in [-0.25, -0.2) is 0 Å². The van der Waals surface area contributed by atoms with Gasteiger partial charge in [0.25, 0.3) is 0 Å². The second-order valence-electron chi connectivity index (χ2n) is 13.2. The van der Waals surface area contributed by atoms with Crippen LogP contribution in [-0.2, 0) is 21.7 Å². The summed E-state index contributed by atoms with van der Waals surface area (Å²) in [5.74, 6) is 0. The second kappa shape index (κ2) is 7.54. The van der Waals surface area contributed by atoms with Gasteiger partial charge in [0.1, 0.15) is 0 Å². The van der Waals surface area contributed by atoms with Crippen molar-refractivity contribution in [1.29, 1.82) is 0 Å². The fourth-order valence-electron chi connectivity index (χ4n) is 4.17. The molecule has 164 valence electrons. The average molecular weight is 405 g/mol. The van der Waals surface area contributed by atoms with Crippen molar-refractivity contribution in [2.24, 2.45) is 0 Å². The fraction of sp³-hybridized carbons (Fsp3) is 0.600. The van der Waals surface area contributed by atoms with Crippen molar-refractivity contribution in [2.75, 3.05) is 0 Å². The van der Waals surface area contributed by atoms with Crippen LogP contribution in [0.4, 0.5) is 0 Å². The Hall–Kier alpha value is -1.56. The first kappa shape index (κ1) is 24.7. The third-order valence-corrected chi connectivity index (χ3v) is 6.14. The zero-order valence-corrected chi connectivity index (χ0v) is 22.2. The summed E-state index contributed by atoms with van der Waals surface area (Å²) >= 11 is 0. The van der Waals surface area contributed by atoms with Gasteiger partial charge in [0.15, 0.2) is 0 Å². The van der Waals surface area contributed by atoms with Crippen molar-refractivity contribution in [3.8, 4) is 11.1 Å². The van der Waals surface area contributed by atoms with Crippen LogP contribution in [0, 0.1) is 26.0 Å². The molecule has 2 aromatic carbocycles. The predicted molar refractivity (Wildman–Crippen MR) is 134 cm³/mol. The molecular weight excluding hydrogens is 360 g/mol. The van der Waals surface area contributed by atoms with E-state index in [2.05, 4.69) is 121 Å². The standard InChI is InChI=1S/C30H44/c1-19-23(15-21(27(3,4)5)17-25(19)29(9,10)11)24-16-22(28(6,7)8)18-26(20(24)2)30(12,13)14/h17-18H,1-14H3. The average Bonchev–Trinajstić information content (AvgIpc) is 2.51. The van der Waals surface area contributed by atoms with Gasteiger partial charge >= 0.3 is 0 Å². The Bertz CT molecular complexity index is 847. The number of rotatable bonds is 1. The van der Waals surface area contributed by atoms with E-state index >= 15 is 0 Å². The summed E-state index contributed by atoms with van der Waals surface area (Å²) in [5, 5.41) is 0. The Morgan fingerprint density at radius 2 is 0.733 bits per heavy atom. The van der Waals surface area contributed by atoms with Crippen molar-refractivity contribution in [2.45, 2.75) is 119 Å². The number of hydrogen-bond acceptors (Lipinski definition) is 0. The summed E-state index contributed by atoms with van der Waals surface area (Å²) in [6.07, 6.45) is 0.